The Morgan fingerprint density at radius 3 is 2.35 bits per heavy atom. The van der Waals surface area contributed by atoms with E-state index in [4.69, 9.17) is 10.00 Å². The average Bonchev–Trinajstić information content (AvgIpc) is 2.44. The summed E-state index contributed by atoms with van der Waals surface area (Å²) in [6.45, 7) is 8.35. The number of hydrogen-bond acceptors (Lipinski definition) is 4. The van der Waals surface area contributed by atoms with E-state index in [-0.39, 0.29) is 11.5 Å². The molecule has 1 aromatic rings. The van der Waals surface area contributed by atoms with Crippen LogP contribution < -0.4 is 5.32 Å². The first-order chi connectivity index (χ1) is 10.7. The third kappa shape index (κ3) is 7.43. The van der Waals surface area contributed by atoms with Crippen molar-refractivity contribution < 1.29 is 14.3 Å². The minimum atomic E-state index is -1.28. The summed E-state index contributed by atoms with van der Waals surface area (Å²) in [6.07, 6.45) is 1.48. The lowest BCUT2D eigenvalue weighted by molar-refractivity contribution is -0.137. The highest BCUT2D eigenvalue weighted by atomic mass is 28.3. The molecular formula is C17H22N2O3Si. The van der Waals surface area contributed by atoms with Crippen molar-refractivity contribution in [2.75, 3.05) is 11.9 Å². The molecule has 0 bridgehead atoms. The van der Waals surface area contributed by atoms with Crippen LogP contribution in [0.4, 0.5) is 5.69 Å². The highest BCUT2D eigenvalue weighted by Gasteiger charge is 2.16. The molecule has 122 valence electrons. The first-order valence-corrected chi connectivity index (χ1v) is 11.1. The number of anilines is 1. The van der Waals surface area contributed by atoms with Gasteiger partial charge in [0.05, 0.1) is 6.61 Å². The van der Waals surface area contributed by atoms with Gasteiger partial charge in [-0.1, -0.05) is 31.8 Å². The average molecular weight is 330 g/mol. The quantitative estimate of drug-likeness (QED) is 0.375. The fourth-order valence-electron chi connectivity index (χ4n) is 1.70. The molecule has 0 spiro atoms. The number of amides is 1. The minimum absolute atomic E-state index is 0.0344. The van der Waals surface area contributed by atoms with Gasteiger partial charge in [0.1, 0.15) is 11.6 Å². The Bertz CT molecular complexity index is 637. The highest BCUT2D eigenvalue weighted by molar-refractivity contribution is 6.76. The molecule has 0 saturated carbocycles. The summed E-state index contributed by atoms with van der Waals surface area (Å²) in [4.78, 5) is 22.9. The smallest absolute Gasteiger partial charge is 0.348 e. The Labute approximate surface area is 138 Å². The predicted molar refractivity (Wildman–Crippen MR) is 93.4 cm³/mol. The van der Waals surface area contributed by atoms with Gasteiger partial charge in [0.15, 0.2) is 0 Å². The predicted octanol–water partition coefficient (Wildman–Crippen LogP) is 3.43. The summed E-state index contributed by atoms with van der Waals surface area (Å²) in [5, 5.41) is 11.8. The maximum Gasteiger partial charge on any atom is 0.348 e. The molecule has 1 N–H and O–H groups in total. The van der Waals surface area contributed by atoms with Crippen LogP contribution in [0.1, 0.15) is 12.5 Å². The lowest BCUT2D eigenvalue weighted by Gasteiger charge is -2.15. The summed E-state index contributed by atoms with van der Waals surface area (Å²) in [6, 6.07) is 9.59. The van der Waals surface area contributed by atoms with Crippen LogP contribution >= 0.6 is 0 Å². The molecule has 0 fully saturated rings. The van der Waals surface area contributed by atoms with Crippen LogP contribution in [0.15, 0.2) is 29.8 Å². The topological polar surface area (TPSA) is 79.2 Å². The number of ether oxygens (including phenoxy) is 1. The molecule has 6 heteroatoms. The summed E-state index contributed by atoms with van der Waals surface area (Å²) in [5.74, 6) is -0.756. The molecule has 0 aliphatic heterocycles. The Morgan fingerprint density at radius 2 is 1.87 bits per heavy atom. The van der Waals surface area contributed by atoms with Crippen molar-refractivity contribution in [2.45, 2.75) is 32.6 Å². The molecule has 0 aliphatic carbocycles. The van der Waals surface area contributed by atoms with Crippen LogP contribution in [0.5, 0.6) is 0 Å². The van der Waals surface area contributed by atoms with Gasteiger partial charge in [-0.15, -0.1) is 0 Å². The van der Waals surface area contributed by atoms with Crippen molar-refractivity contribution in [2.24, 2.45) is 0 Å². The van der Waals surface area contributed by atoms with E-state index in [1.54, 1.807) is 24.3 Å². The van der Waals surface area contributed by atoms with E-state index in [2.05, 4.69) is 25.0 Å². The van der Waals surface area contributed by atoms with Gasteiger partial charge in [-0.2, -0.15) is 5.26 Å². The third-order valence-electron chi connectivity index (χ3n) is 2.97. The fourth-order valence-corrected chi connectivity index (χ4v) is 2.41. The second-order valence-corrected chi connectivity index (χ2v) is 12.0. The monoisotopic (exact) mass is 330 g/mol. The first-order valence-electron chi connectivity index (χ1n) is 7.38. The van der Waals surface area contributed by atoms with Crippen molar-refractivity contribution in [1.82, 2.24) is 0 Å². The normalized spacial score (nSPS) is 11.5. The number of hydrogen-bond donors (Lipinski definition) is 1. The van der Waals surface area contributed by atoms with Gasteiger partial charge in [0.2, 0.25) is 5.91 Å². The fraction of sp³-hybridized carbons (Fsp3) is 0.353. The summed E-state index contributed by atoms with van der Waals surface area (Å²) >= 11 is 0. The second kappa shape index (κ2) is 8.29. The molecule has 1 amide bonds. The van der Waals surface area contributed by atoms with Crippen molar-refractivity contribution in [3.8, 4) is 6.07 Å². The van der Waals surface area contributed by atoms with E-state index in [1.165, 1.54) is 13.0 Å². The Kier molecular flexibility index (Phi) is 6.73. The molecular weight excluding hydrogens is 308 g/mol. The van der Waals surface area contributed by atoms with Crippen LogP contribution in [0.3, 0.4) is 0 Å². The molecule has 0 aliphatic rings. The van der Waals surface area contributed by atoms with Gasteiger partial charge in [0, 0.05) is 20.7 Å². The largest absolute Gasteiger partial charge is 0.462 e. The summed E-state index contributed by atoms with van der Waals surface area (Å²) in [5.41, 5.74) is 1.32. The standard InChI is InChI=1S/C17H22N2O3Si/c1-13(20)19-16-7-5-14(6-8-16)11-15(12-18)17(21)22-9-10-23(2,3)4/h5-8,11H,9-10H2,1-4H3,(H,19,20). The van der Waals surface area contributed by atoms with Crippen molar-refractivity contribution in [3.05, 3.63) is 35.4 Å². The zero-order valence-electron chi connectivity index (χ0n) is 14.0. The summed E-state index contributed by atoms with van der Waals surface area (Å²) < 4.78 is 5.17. The van der Waals surface area contributed by atoms with Gasteiger partial charge < -0.3 is 10.1 Å². The van der Waals surface area contributed by atoms with Gasteiger partial charge in [-0.05, 0) is 29.8 Å². The molecule has 0 radical (unpaired) electrons. The summed E-state index contributed by atoms with van der Waals surface area (Å²) in [7, 11) is -1.28. The van der Waals surface area contributed by atoms with Crippen LogP contribution in [-0.2, 0) is 14.3 Å². The zero-order valence-corrected chi connectivity index (χ0v) is 15.0. The maximum absolute atomic E-state index is 11.9. The molecule has 0 atom stereocenters. The zero-order chi connectivity index (χ0) is 17.5. The molecule has 23 heavy (non-hydrogen) atoms. The highest BCUT2D eigenvalue weighted by Crippen LogP contribution is 2.14. The lowest BCUT2D eigenvalue weighted by atomic mass is 10.1. The maximum atomic E-state index is 11.9. The second-order valence-electron chi connectivity index (χ2n) is 6.42. The number of carbonyl (C=O) groups excluding carboxylic acids is 2. The molecule has 0 aromatic heterocycles. The van der Waals surface area contributed by atoms with Crippen molar-refractivity contribution >= 4 is 31.7 Å². The molecule has 5 nitrogen and oxygen atoms in total. The van der Waals surface area contributed by atoms with Crippen molar-refractivity contribution in [3.63, 3.8) is 0 Å². The van der Waals surface area contributed by atoms with Gasteiger partial charge in [-0.25, -0.2) is 4.79 Å². The van der Waals surface area contributed by atoms with Crippen LogP contribution in [0.25, 0.3) is 6.08 Å². The van der Waals surface area contributed by atoms with E-state index >= 15 is 0 Å². The molecule has 1 aromatic carbocycles. The van der Waals surface area contributed by atoms with Gasteiger partial charge in [-0.3, -0.25) is 4.79 Å². The Hall–Kier alpha value is -2.39. The van der Waals surface area contributed by atoms with Crippen LogP contribution in [-0.4, -0.2) is 26.6 Å². The Morgan fingerprint density at radius 1 is 1.26 bits per heavy atom. The molecule has 0 saturated heterocycles. The van der Waals surface area contributed by atoms with Crippen molar-refractivity contribution in [1.29, 1.82) is 5.26 Å². The van der Waals surface area contributed by atoms with Crippen LogP contribution in [0.2, 0.25) is 25.7 Å². The van der Waals surface area contributed by atoms with E-state index in [1.807, 2.05) is 6.07 Å². The number of esters is 1. The number of carbonyl (C=O) groups is 2. The van der Waals surface area contributed by atoms with E-state index in [9.17, 15) is 9.59 Å². The number of benzene rings is 1. The van der Waals surface area contributed by atoms with E-state index in [0.29, 0.717) is 17.9 Å². The van der Waals surface area contributed by atoms with E-state index in [0.717, 1.165) is 6.04 Å². The first kappa shape index (κ1) is 18.7. The molecule has 0 unspecified atom stereocenters. The van der Waals surface area contributed by atoms with Crippen LogP contribution in [0, 0.1) is 11.3 Å². The Balaban J connectivity index is 2.72. The SMILES string of the molecule is CC(=O)Nc1ccc(C=C(C#N)C(=O)OCC[Si](C)(C)C)cc1. The lowest BCUT2D eigenvalue weighted by Crippen LogP contribution is -2.23. The number of nitriles is 1. The number of nitrogens with zero attached hydrogens (tertiary/aromatic N) is 1. The number of rotatable bonds is 6. The van der Waals surface area contributed by atoms with Gasteiger partial charge >= 0.3 is 5.97 Å². The van der Waals surface area contributed by atoms with Gasteiger partial charge in [0.25, 0.3) is 0 Å². The third-order valence-corrected chi connectivity index (χ3v) is 4.67. The van der Waals surface area contributed by atoms with E-state index < -0.39 is 14.0 Å². The number of nitrogens with one attached hydrogen (secondary N) is 1. The minimum Gasteiger partial charge on any atom is -0.462 e. The molecule has 1 rings (SSSR count). The molecule has 0 heterocycles.